The molecule has 1 heterocycles. The van der Waals surface area contributed by atoms with Crippen LogP contribution in [0, 0.1) is 10.1 Å². The van der Waals surface area contributed by atoms with Gasteiger partial charge in [-0.3, -0.25) is 15.0 Å². The number of nitrogens with zero attached hydrogens (tertiary/aromatic N) is 2. The van der Waals surface area contributed by atoms with Gasteiger partial charge in [-0.25, -0.2) is 0 Å². The average molecular weight is 391 g/mol. The van der Waals surface area contributed by atoms with Crippen LogP contribution in [0.25, 0.3) is 0 Å². The summed E-state index contributed by atoms with van der Waals surface area (Å²) in [4.78, 5) is 12.7. The summed E-state index contributed by atoms with van der Waals surface area (Å²) < 4.78 is 6.97. The lowest BCUT2D eigenvalue weighted by Gasteiger charge is -2.33. The van der Waals surface area contributed by atoms with Crippen LogP contribution in [0.15, 0.2) is 53.0 Å². The maximum absolute atomic E-state index is 10.7. The van der Waals surface area contributed by atoms with Gasteiger partial charge in [-0.1, -0.05) is 40.2 Å². The molecule has 2 aromatic rings. The molecular formula is C18H19BrN2O3. The Morgan fingerprint density at radius 1 is 1.25 bits per heavy atom. The summed E-state index contributed by atoms with van der Waals surface area (Å²) in [6, 6.07) is 15.0. The van der Waals surface area contributed by atoms with Crippen molar-refractivity contribution in [2.75, 3.05) is 26.2 Å². The van der Waals surface area contributed by atoms with E-state index in [2.05, 4.69) is 33.0 Å². The van der Waals surface area contributed by atoms with Crippen LogP contribution in [-0.4, -0.2) is 36.1 Å². The first-order valence-corrected chi connectivity index (χ1v) is 8.74. The van der Waals surface area contributed by atoms with Crippen molar-refractivity contribution in [3.63, 3.8) is 0 Å². The summed E-state index contributed by atoms with van der Waals surface area (Å²) in [5.74, 6) is 0. The number of halogens is 1. The molecule has 0 radical (unpaired) electrons. The molecule has 6 heteroatoms. The number of hydrogen-bond donors (Lipinski definition) is 0. The minimum atomic E-state index is -0.367. The van der Waals surface area contributed by atoms with Crippen molar-refractivity contribution in [3.8, 4) is 0 Å². The van der Waals surface area contributed by atoms with Gasteiger partial charge in [-0.05, 0) is 29.7 Å². The zero-order valence-corrected chi connectivity index (χ0v) is 14.8. The molecule has 0 amide bonds. The molecule has 126 valence electrons. The van der Waals surface area contributed by atoms with Gasteiger partial charge < -0.3 is 4.74 Å². The average Bonchev–Trinajstić information content (AvgIpc) is 2.60. The number of nitro groups is 1. The third-order valence-corrected chi connectivity index (χ3v) is 4.73. The maximum Gasteiger partial charge on any atom is 0.269 e. The molecule has 5 nitrogen and oxygen atoms in total. The SMILES string of the molecule is O=[N+]([O-])c1ccc(CCN2CCOC(c3cccc(Br)c3)C2)cc1. The second-order valence-corrected chi connectivity index (χ2v) is 6.80. The van der Waals surface area contributed by atoms with Crippen LogP contribution in [0.4, 0.5) is 5.69 Å². The second-order valence-electron chi connectivity index (χ2n) is 5.89. The van der Waals surface area contributed by atoms with Crippen molar-refractivity contribution in [1.29, 1.82) is 0 Å². The van der Waals surface area contributed by atoms with Crippen LogP contribution in [0.3, 0.4) is 0 Å². The number of benzene rings is 2. The summed E-state index contributed by atoms with van der Waals surface area (Å²) in [6.07, 6.45) is 0.969. The number of nitro benzene ring substituents is 1. The van der Waals surface area contributed by atoms with Crippen LogP contribution in [0.1, 0.15) is 17.2 Å². The van der Waals surface area contributed by atoms with E-state index in [-0.39, 0.29) is 16.7 Å². The van der Waals surface area contributed by atoms with E-state index in [1.54, 1.807) is 12.1 Å². The Bertz CT molecular complexity index is 706. The molecule has 0 N–H and O–H groups in total. The Morgan fingerprint density at radius 2 is 2.04 bits per heavy atom. The van der Waals surface area contributed by atoms with E-state index in [1.807, 2.05) is 24.3 Å². The molecule has 3 rings (SSSR count). The van der Waals surface area contributed by atoms with E-state index in [4.69, 9.17) is 4.74 Å². The Balaban J connectivity index is 1.56. The van der Waals surface area contributed by atoms with E-state index in [1.165, 1.54) is 5.56 Å². The highest BCUT2D eigenvalue weighted by Gasteiger charge is 2.21. The number of non-ortho nitro benzene ring substituents is 1. The smallest absolute Gasteiger partial charge is 0.269 e. The molecule has 1 saturated heterocycles. The lowest BCUT2D eigenvalue weighted by molar-refractivity contribution is -0.384. The summed E-state index contributed by atoms with van der Waals surface area (Å²) >= 11 is 3.50. The van der Waals surface area contributed by atoms with Gasteiger partial charge in [-0.2, -0.15) is 0 Å². The fourth-order valence-electron chi connectivity index (χ4n) is 2.89. The Labute approximate surface area is 149 Å². The van der Waals surface area contributed by atoms with E-state index < -0.39 is 0 Å². The third-order valence-electron chi connectivity index (χ3n) is 4.23. The zero-order chi connectivity index (χ0) is 16.9. The van der Waals surface area contributed by atoms with Crippen LogP contribution < -0.4 is 0 Å². The molecule has 0 aromatic heterocycles. The van der Waals surface area contributed by atoms with E-state index in [0.29, 0.717) is 0 Å². The monoisotopic (exact) mass is 390 g/mol. The van der Waals surface area contributed by atoms with Gasteiger partial charge in [0.2, 0.25) is 0 Å². The standard InChI is InChI=1S/C18H19BrN2O3/c19-16-3-1-2-15(12-16)18-13-20(10-11-24-18)9-8-14-4-6-17(7-5-14)21(22)23/h1-7,12,18H,8-11,13H2. The van der Waals surface area contributed by atoms with Gasteiger partial charge in [0, 0.05) is 36.2 Å². The number of rotatable bonds is 5. The fraction of sp³-hybridized carbons (Fsp3) is 0.333. The first kappa shape index (κ1) is 17.1. The third kappa shape index (κ3) is 4.41. The summed E-state index contributed by atoms with van der Waals surface area (Å²) in [6.45, 7) is 3.42. The predicted octanol–water partition coefficient (Wildman–Crippen LogP) is 3.97. The van der Waals surface area contributed by atoms with Crippen molar-refractivity contribution in [1.82, 2.24) is 4.90 Å². The highest BCUT2D eigenvalue weighted by Crippen LogP contribution is 2.25. The molecule has 0 saturated carbocycles. The molecule has 0 aliphatic carbocycles. The highest BCUT2D eigenvalue weighted by atomic mass is 79.9. The molecule has 1 aliphatic rings. The lowest BCUT2D eigenvalue weighted by Crippen LogP contribution is -2.39. The predicted molar refractivity (Wildman–Crippen MR) is 96.1 cm³/mol. The minimum Gasteiger partial charge on any atom is -0.371 e. The zero-order valence-electron chi connectivity index (χ0n) is 13.2. The molecule has 1 aliphatic heterocycles. The highest BCUT2D eigenvalue weighted by molar-refractivity contribution is 9.10. The van der Waals surface area contributed by atoms with Crippen molar-refractivity contribution in [2.24, 2.45) is 0 Å². The summed E-state index contributed by atoms with van der Waals surface area (Å²) in [7, 11) is 0. The van der Waals surface area contributed by atoms with Gasteiger partial charge in [0.05, 0.1) is 17.6 Å². The Hall–Kier alpha value is -1.76. The second kappa shape index (κ2) is 7.88. The van der Waals surface area contributed by atoms with E-state index in [0.717, 1.165) is 42.7 Å². The summed E-state index contributed by atoms with van der Waals surface area (Å²) in [5, 5.41) is 10.7. The van der Waals surface area contributed by atoms with Crippen molar-refractivity contribution < 1.29 is 9.66 Å². The van der Waals surface area contributed by atoms with Crippen LogP contribution in [0.2, 0.25) is 0 Å². The first-order chi connectivity index (χ1) is 11.6. The molecule has 0 bridgehead atoms. The number of hydrogen-bond acceptors (Lipinski definition) is 4. The normalized spacial score (nSPS) is 18.5. The van der Waals surface area contributed by atoms with Gasteiger partial charge in [0.15, 0.2) is 0 Å². The first-order valence-electron chi connectivity index (χ1n) is 7.94. The topological polar surface area (TPSA) is 55.6 Å². The van der Waals surface area contributed by atoms with Crippen molar-refractivity contribution >= 4 is 21.6 Å². The quantitative estimate of drug-likeness (QED) is 0.572. The molecule has 1 unspecified atom stereocenters. The molecule has 2 aromatic carbocycles. The van der Waals surface area contributed by atoms with Crippen LogP contribution >= 0.6 is 15.9 Å². The van der Waals surface area contributed by atoms with Crippen molar-refractivity contribution in [2.45, 2.75) is 12.5 Å². The van der Waals surface area contributed by atoms with Gasteiger partial charge in [0.1, 0.15) is 0 Å². The lowest BCUT2D eigenvalue weighted by atomic mass is 10.1. The summed E-state index contributed by atoms with van der Waals surface area (Å²) in [5.41, 5.74) is 2.44. The van der Waals surface area contributed by atoms with Crippen LogP contribution in [-0.2, 0) is 11.2 Å². The fourth-order valence-corrected chi connectivity index (χ4v) is 3.30. The molecule has 1 fully saturated rings. The largest absolute Gasteiger partial charge is 0.371 e. The Morgan fingerprint density at radius 3 is 2.75 bits per heavy atom. The molecular weight excluding hydrogens is 372 g/mol. The number of morpholine rings is 1. The van der Waals surface area contributed by atoms with Gasteiger partial charge in [0.25, 0.3) is 5.69 Å². The minimum absolute atomic E-state index is 0.0908. The maximum atomic E-state index is 10.7. The molecule has 1 atom stereocenters. The molecule has 24 heavy (non-hydrogen) atoms. The van der Waals surface area contributed by atoms with Gasteiger partial charge >= 0.3 is 0 Å². The van der Waals surface area contributed by atoms with Crippen molar-refractivity contribution in [3.05, 3.63) is 74.2 Å². The van der Waals surface area contributed by atoms with E-state index in [9.17, 15) is 10.1 Å². The number of ether oxygens (including phenoxy) is 1. The van der Waals surface area contributed by atoms with Gasteiger partial charge in [-0.15, -0.1) is 0 Å². The molecule has 0 spiro atoms. The Kier molecular flexibility index (Phi) is 5.60. The van der Waals surface area contributed by atoms with E-state index >= 15 is 0 Å². The van der Waals surface area contributed by atoms with Crippen LogP contribution in [0.5, 0.6) is 0 Å².